The maximum atomic E-state index is 12.5. The smallest absolute Gasteiger partial charge is 0.308 e. The van der Waals surface area contributed by atoms with Crippen molar-refractivity contribution in [3.63, 3.8) is 0 Å². The van der Waals surface area contributed by atoms with Gasteiger partial charge in [-0.15, -0.1) is 0 Å². The van der Waals surface area contributed by atoms with Gasteiger partial charge in [0.25, 0.3) is 11.5 Å². The lowest BCUT2D eigenvalue weighted by molar-refractivity contribution is -0.142. The average molecular weight is 309 g/mol. The lowest BCUT2D eigenvalue weighted by Gasteiger charge is -2.15. The van der Waals surface area contributed by atoms with E-state index >= 15 is 0 Å². The second-order valence-corrected chi connectivity index (χ2v) is 6.45. The predicted octanol–water partition coefficient (Wildman–Crippen LogP) is 0.142. The third kappa shape index (κ3) is 2.33. The molecule has 0 unspecified atom stereocenters. The Labute approximate surface area is 125 Å². The van der Waals surface area contributed by atoms with Crippen LogP contribution in [0, 0.1) is 11.8 Å². The molecule has 0 saturated carbocycles. The van der Waals surface area contributed by atoms with Gasteiger partial charge in [0.05, 0.1) is 5.92 Å². The van der Waals surface area contributed by atoms with Crippen LogP contribution in [0.5, 0.6) is 0 Å². The Morgan fingerprint density at radius 1 is 1.43 bits per heavy atom. The SMILES string of the molecule is C[C@@H]1CN(C(=O)c2cnc3n(c2=O)CCS3)C[C@H]1C(=O)O. The van der Waals surface area contributed by atoms with Crippen molar-refractivity contribution in [3.05, 3.63) is 22.1 Å². The van der Waals surface area contributed by atoms with Gasteiger partial charge in [-0.3, -0.25) is 19.0 Å². The van der Waals surface area contributed by atoms with Gasteiger partial charge in [0.2, 0.25) is 0 Å². The molecule has 0 spiro atoms. The first-order chi connectivity index (χ1) is 9.99. The first-order valence-electron chi connectivity index (χ1n) is 6.73. The highest BCUT2D eigenvalue weighted by atomic mass is 32.2. The molecule has 112 valence electrons. The first kappa shape index (κ1) is 14.1. The molecule has 0 radical (unpaired) electrons. The third-order valence-electron chi connectivity index (χ3n) is 4.00. The molecule has 0 bridgehead atoms. The Hall–Kier alpha value is -1.83. The van der Waals surface area contributed by atoms with Crippen molar-refractivity contribution >= 4 is 23.6 Å². The van der Waals surface area contributed by atoms with Crippen molar-refractivity contribution in [2.45, 2.75) is 18.6 Å². The Balaban J connectivity index is 1.87. The number of amides is 1. The van der Waals surface area contributed by atoms with Crippen LogP contribution in [0.25, 0.3) is 0 Å². The van der Waals surface area contributed by atoms with Crippen LogP contribution in [0.15, 0.2) is 16.1 Å². The zero-order chi connectivity index (χ0) is 15.1. The fourth-order valence-electron chi connectivity index (χ4n) is 2.79. The molecule has 8 heteroatoms. The van der Waals surface area contributed by atoms with E-state index in [1.807, 2.05) is 0 Å². The minimum Gasteiger partial charge on any atom is -0.481 e. The van der Waals surface area contributed by atoms with Gasteiger partial charge in [-0.25, -0.2) is 4.98 Å². The fourth-order valence-corrected chi connectivity index (χ4v) is 3.70. The van der Waals surface area contributed by atoms with Gasteiger partial charge in [0.1, 0.15) is 5.56 Å². The predicted molar refractivity (Wildman–Crippen MR) is 75.4 cm³/mol. The molecule has 21 heavy (non-hydrogen) atoms. The maximum absolute atomic E-state index is 12.5. The second-order valence-electron chi connectivity index (χ2n) is 5.39. The number of carboxylic acids is 1. The Morgan fingerprint density at radius 2 is 2.19 bits per heavy atom. The van der Waals surface area contributed by atoms with Crippen LogP contribution in [0.1, 0.15) is 17.3 Å². The Bertz CT molecular complexity index is 672. The molecule has 0 aromatic carbocycles. The van der Waals surface area contributed by atoms with Crippen molar-refractivity contribution in [2.75, 3.05) is 18.8 Å². The molecular formula is C13H15N3O4S. The lowest BCUT2D eigenvalue weighted by atomic mass is 9.99. The summed E-state index contributed by atoms with van der Waals surface area (Å²) in [6, 6.07) is 0. The molecule has 1 N–H and O–H groups in total. The summed E-state index contributed by atoms with van der Waals surface area (Å²) in [4.78, 5) is 41.5. The molecule has 2 aliphatic rings. The molecule has 1 aromatic heterocycles. The van der Waals surface area contributed by atoms with E-state index in [1.165, 1.54) is 27.4 Å². The summed E-state index contributed by atoms with van der Waals surface area (Å²) in [5.41, 5.74) is -0.305. The number of hydrogen-bond donors (Lipinski definition) is 1. The number of carboxylic acid groups (broad SMARTS) is 1. The number of carbonyl (C=O) groups excluding carboxylic acids is 1. The molecule has 0 aliphatic carbocycles. The van der Waals surface area contributed by atoms with Crippen molar-refractivity contribution in [1.29, 1.82) is 0 Å². The van der Waals surface area contributed by atoms with E-state index in [4.69, 9.17) is 5.11 Å². The zero-order valence-corrected chi connectivity index (χ0v) is 12.3. The van der Waals surface area contributed by atoms with Gasteiger partial charge in [0, 0.05) is 31.6 Å². The normalized spacial score (nSPS) is 24.1. The summed E-state index contributed by atoms with van der Waals surface area (Å²) in [6.07, 6.45) is 1.31. The number of fused-ring (bicyclic) bond motifs is 1. The quantitative estimate of drug-likeness (QED) is 0.781. The van der Waals surface area contributed by atoms with Gasteiger partial charge in [0.15, 0.2) is 5.16 Å². The van der Waals surface area contributed by atoms with Crippen LogP contribution >= 0.6 is 11.8 Å². The summed E-state index contributed by atoms with van der Waals surface area (Å²) in [7, 11) is 0. The molecule has 1 amide bonds. The number of aromatic nitrogens is 2. The van der Waals surface area contributed by atoms with Crippen LogP contribution in [0.3, 0.4) is 0 Å². The van der Waals surface area contributed by atoms with Crippen molar-refractivity contribution in [3.8, 4) is 0 Å². The molecule has 3 rings (SSSR count). The van der Waals surface area contributed by atoms with Crippen LogP contribution in [0.4, 0.5) is 0 Å². The number of carbonyl (C=O) groups is 2. The highest BCUT2D eigenvalue weighted by Gasteiger charge is 2.38. The van der Waals surface area contributed by atoms with E-state index in [2.05, 4.69) is 4.98 Å². The number of hydrogen-bond acceptors (Lipinski definition) is 5. The van der Waals surface area contributed by atoms with E-state index in [0.29, 0.717) is 18.2 Å². The third-order valence-corrected chi connectivity index (χ3v) is 4.97. The molecule has 1 saturated heterocycles. The summed E-state index contributed by atoms with van der Waals surface area (Å²) in [6.45, 7) is 2.86. The highest BCUT2D eigenvalue weighted by Crippen LogP contribution is 2.25. The second kappa shape index (κ2) is 5.18. The first-order valence-corrected chi connectivity index (χ1v) is 7.72. The van der Waals surface area contributed by atoms with Gasteiger partial charge >= 0.3 is 5.97 Å². The van der Waals surface area contributed by atoms with Gasteiger partial charge in [-0.2, -0.15) is 0 Å². The summed E-state index contributed by atoms with van der Waals surface area (Å²) < 4.78 is 1.51. The van der Waals surface area contributed by atoms with Crippen molar-refractivity contribution in [2.24, 2.45) is 11.8 Å². The molecule has 3 heterocycles. The van der Waals surface area contributed by atoms with E-state index < -0.39 is 17.8 Å². The number of thioether (sulfide) groups is 1. The van der Waals surface area contributed by atoms with Gasteiger partial charge in [-0.1, -0.05) is 18.7 Å². The summed E-state index contributed by atoms with van der Waals surface area (Å²) in [5.74, 6) is -1.24. The van der Waals surface area contributed by atoms with E-state index in [0.717, 1.165) is 5.75 Å². The average Bonchev–Trinajstić information content (AvgIpc) is 3.05. The number of aliphatic carboxylic acids is 1. The van der Waals surface area contributed by atoms with Crippen LogP contribution < -0.4 is 5.56 Å². The molecule has 1 aromatic rings. The number of rotatable bonds is 2. The van der Waals surface area contributed by atoms with Crippen molar-refractivity contribution < 1.29 is 14.7 Å². The minimum atomic E-state index is -0.905. The summed E-state index contributed by atoms with van der Waals surface area (Å²) >= 11 is 1.49. The van der Waals surface area contributed by atoms with Crippen LogP contribution in [0.2, 0.25) is 0 Å². The highest BCUT2D eigenvalue weighted by molar-refractivity contribution is 7.99. The van der Waals surface area contributed by atoms with Crippen LogP contribution in [-0.2, 0) is 11.3 Å². The topological polar surface area (TPSA) is 92.5 Å². The van der Waals surface area contributed by atoms with E-state index in [9.17, 15) is 14.4 Å². The minimum absolute atomic E-state index is 0.0273. The molecular weight excluding hydrogens is 294 g/mol. The Kier molecular flexibility index (Phi) is 3.48. The van der Waals surface area contributed by atoms with Crippen molar-refractivity contribution in [1.82, 2.24) is 14.5 Å². The van der Waals surface area contributed by atoms with E-state index in [1.54, 1.807) is 6.92 Å². The molecule has 2 atom stereocenters. The Morgan fingerprint density at radius 3 is 2.86 bits per heavy atom. The molecule has 7 nitrogen and oxygen atoms in total. The monoisotopic (exact) mass is 309 g/mol. The largest absolute Gasteiger partial charge is 0.481 e. The number of likely N-dealkylation sites (tertiary alicyclic amines) is 1. The summed E-state index contributed by atoms with van der Waals surface area (Å²) in [5, 5.41) is 9.75. The van der Waals surface area contributed by atoms with E-state index in [-0.39, 0.29) is 23.6 Å². The fraction of sp³-hybridized carbons (Fsp3) is 0.538. The van der Waals surface area contributed by atoms with Crippen LogP contribution in [-0.4, -0.2) is 50.3 Å². The lowest BCUT2D eigenvalue weighted by Crippen LogP contribution is -2.36. The molecule has 1 fully saturated rings. The standard InChI is InChI=1S/C13H15N3O4S/c1-7-5-15(6-9(7)12(19)20)10(17)8-4-14-13-16(11(8)18)2-3-21-13/h4,7,9H,2-3,5-6H2,1H3,(H,19,20)/t7-,9-/m1/s1. The van der Waals surface area contributed by atoms with Gasteiger partial charge < -0.3 is 10.0 Å². The number of nitrogens with zero attached hydrogens (tertiary/aromatic N) is 3. The molecule has 2 aliphatic heterocycles. The van der Waals surface area contributed by atoms with Gasteiger partial charge in [-0.05, 0) is 5.92 Å². The maximum Gasteiger partial charge on any atom is 0.308 e. The zero-order valence-electron chi connectivity index (χ0n) is 11.5.